The molecule has 0 aromatic heterocycles. The van der Waals surface area contributed by atoms with E-state index in [1.165, 1.54) is 19.3 Å². The molecule has 0 spiro atoms. The zero-order valence-electron chi connectivity index (χ0n) is 12.3. The van der Waals surface area contributed by atoms with E-state index in [-0.39, 0.29) is 5.91 Å². The molecule has 1 fully saturated rings. The van der Waals surface area contributed by atoms with Gasteiger partial charge in [0.15, 0.2) is 0 Å². The largest absolute Gasteiger partial charge is 0.351 e. The summed E-state index contributed by atoms with van der Waals surface area (Å²) >= 11 is 0. The minimum absolute atomic E-state index is 0.0195. The van der Waals surface area contributed by atoms with Gasteiger partial charge in [-0.1, -0.05) is 31.3 Å². The lowest BCUT2D eigenvalue weighted by Crippen LogP contribution is -2.39. The van der Waals surface area contributed by atoms with Crippen LogP contribution in [0.2, 0.25) is 0 Å². The highest BCUT2D eigenvalue weighted by atomic mass is 16.1. The van der Waals surface area contributed by atoms with Gasteiger partial charge in [-0.15, -0.1) is 0 Å². The van der Waals surface area contributed by atoms with Gasteiger partial charge in [-0.05, 0) is 42.9 Å². The molecule has 1 aromatic rings. The maximum Gasteiger partial charge on any atom is 0.251 e. The van der Waals surface area contributed by atoms with Crippen LogP contribution < -0.4 is 11.1 Å². The number of rotatable bonds is 3. The Morgan fingerprint density at radius 1 is 1.45 bits per heavy atom. The van der Waals surface area contributed by atoms with Gasteiger partial charge in [-0.25, -0.2) is 0 Å². The molecule has 2 rings (SSSR count). The van der Waals surface area contributed by atoms with Gasteiger partial charge in [-0.2, -0.15) is 0 Å². The lowest BCUT2D eigenvalue weighted by atomic mass is 9.70. The van der Waals surface area contributed by atoms with E-state index in [0.29, 0.717) is 17.5 Å². The summed E-state index contributed by atoms with van der Waals surface area (Å²) in [6.45, 7) is 5.29. The van der Waals surface area contributed by atoms with Crippen molar-refractivity contribution in [1.29, 1.82) is 0 Å². The second-order valence-corrected chi connectivity index (χ2v) is 5.88. The number of hydrogen-bond donors (Lipinski definition) is 2. The summed E-state index contributed by atoms with van der Waals surface area (Å²) in [6, 6.07) is 5.62. The fourth-order valence-corrected chi connectivity index (χ4v) is 2.40. The lowest BCUT2D eigenvalue weighted by molar-refractivity contribution is 0.0891. The second kappa shape index (κ2) is 6.11. The third-order valence-electron chi connectivity index (χ3n) is 4.06. The summed E-state index contributed by atoms with van der Waals surface area (Å²) in [7, 11) is 0. The molecule has 3 nitrogen and oxygen atoms in total. The molecule has 3 heteroatoms. The van der Waals surface area contributed by atoms with E-state index in [0.717, 1.165) is 17.7 Å². The Balaban J connectivity index is 2.05. The fourth-order valence-electron chi connectivity index (χ4n) is 2.40. The molecule has 1 aromatic carbocycles. The van der Waals surface area contributed by atoms with E-state index in [4.69, 9.17) is 5.73 Å². The number of nitrogens with one attached hydrogen (secondary N) is 1. The number of carbonyl (C=O) groups is 1. The third kappa shape index (κ3) is 3.40. The number of benzene rings is 1. The summed E-state index contributed by atoms with van der Waals surface area (Å²) < 4.78 is 0. The number of aryl methyl sites for hydroxylation is 1. The quantitative estimate of drug-likeness (QED) is 0.828. The molecular formula is C17H22N2O. The maximum atomic E-state index is 12.2. The van der Waals surface area contributed by atoms with Crippen LogP contribution in [0.3, 0.4) is 0 Å². The summed E-state index contributed by atoms with van der Waals surface area (Å²) in [4.78, 5) is 12.2. The van der Waals surface area contributed by atoms with Crippen LogP contribution in [0.5, 0.6) is 0 Å². The van der Waals surface area contributed by atoms with E-state index in [9.17, 15) is 4.79 Å². The van der Waals surface area contributed by atoms with Crippen LogP contribution in [0.1, 0.15) is 47.7 Å². The number of nitrogens with two attached hydrogens (primary N) is 1. The Hall–Kier alpha value is -1.79. The number of hydrogen-bond acceptors (Lipinski definition) is 2. The highest BCUT2D eigenvalue weighted by molar-refractivity contribution is 5.94. The van der Waals surface area contributed by atoms with Crippen LogP contribution in [0.15, 0.2) is 18.2 Å². The first kappa shape index (κ1) is 14.6. The molecule has 3 N–H and O–H groups in total. The number of amides is 1. The Morgan fingerprint density at radius 3 is 2.80 bits per heavy atom. The second-order valence-electron chi connectivity index (χ2n) is 5.88. The lowest BCUT2D eigenvalue weighted by Gasteiger charge is -2.38. The highest BCUT2D eigenvalue weighted by Crippen LogP contribution is 2.39. The van der Waals surface area contributed by atoms with E-state index in [1.807, 2.05) is 25.1 Å². The van der Waals surface area contributed by atoms with Crippen molar-refractivity contribution in [1.82, 2.24) is 5.32 Å². The molecule has 1 aliphatic carbocycles. The van der Waals surface area contributed by atoms with Crippen LogP contribution in [-0.2, 0) is 0 Å². The summed E-state index contributed by atoms with van der Waals surface area (Å²) in [5.74, 6) is 5.82. The van der Waals surface area contributed by atoms with Gasteiger partial charge < -0.3 is 11.1 Å². The average Bonchev–Trinajstić information content (AvgIpc) is 2.41. The Morgan fingerprint density at radius 2 is 2.20 bits per heavy atom. The first-order chi connectivity index (χ1) is 9.54. The molecule has 0 bridgehead atoms. The van der Waals surface area contributed by atoms with Crippen molar-refractivity contribution in [2.45, 2.75) is 33.1 Å². The molecule has 1 aliphatic rings. The molecule has 106 valence electrons. The van der Waals surface area contributed by atoms with Gasteiger partial charge in [-0.3, -0.25) is 4.79 Å². The van der Waals surface area contributed by atoms with Gasteiger partial charge >= 0.3 is 0 Å². The van der Waals surface area contributed by atoms with Crippen LogP contribution >= 0.6 is 0 Å². The molecule has 0 aliphatic heterocycles. The molecular weight excluding hydrogens is 248 g/mol. The van der Waals surface area contributed by atoms with Crippen molar-refractivity contribution in [2.24, 2.45) is 11.1 Å². The first-order valence-electron chi connectivity index (χ1n) is 7.12. The standard InChI is InChI=1S/C17H22N2O/c1-13-6-7-15(11-14(13)5-3-10-18)16(20)19-12-17(2)8-4-9-17/h6-7,11H,4,8-10,12,18H2,1-2H3,(H,19,20). The minimum Gasteiger partial charge on any atom is -0.351 e. The molecule has 0 saturated heterocycles. The number of carbonyl (C=O) groups excluding carboxylic acids is 1. The van der Waals surface area contributed by atoms with Crippen molar-refractivity contribution in [3.05, 3.63) is 34.9 Å². The zero-order chi connectivity index (χ0) is 14.6. The van der Waals surface area contributed by atoms with Gasteiger partial charge in [0.1, 0.15) is 0 Å². The van der Waals surface area contributed by atoms with E-state index >= 15 is 0 Å². The SMILES string of the molecule is Cc1ccc(C(=O)NCC2(C)CCC2)cc1C#CCN. The van der Waals surface area contributed by atoms with Crippen molar-refractivity contribution in [3.8, 4) is 11.8 Å². The van der Waals surface area contributed by atoms with Gasteiger partial charge in [0.2, 0.25) is 0 Å². The van der Waals surface area contributed by atoms with Crippen molar-refractivity contribution in [3.63, 3.8) is 0 Å². The Kier molecular flexibility index (Phi) is 4.46. The van der Waals surface area contributed by atoms with Crippen LogP contribution in [0, 0.1) is 24.2 Å². The molecule has 20 heavy (non-hydrogen) atoms. The van der Waals surface area contributed by atoms with E-state index in [2.05, 4.69) is 24.1 Å². The molecule has 0 heterocycles. The molecule has 0 radical (unpaired) electrons. The smallest absolute Gasteiger partial charge is 0.251 e. The predicted octanol–water partition coefficient (Wildman–Crippen LogP) is 2.23. The first-order valence-corrected chi connectivity index (χ1v) is 7.12. The van der Waals surface area contributed by atoms with E-state index < -0.39 is 0 Å². The molecule has 0 unspecified atom stereocenters. The van der Waals surface area contributed by atoms with Crippen LogP contribution in [0.4, 0.5) is 0 Å². The topological polar surface area (TPSA) is 55.1 Å². The van der Waals surface area contributed by atoms with Crippen LogP contribution in [0.25, 0.3) is 0 Å². The monoisotopic (exact) mass is 270 g/mol. The summed E-state index contributed by atoms with van der Waals surface area (Å²) in [6.07, 6.45) is 3.68. The maximum absolute atomic E-state index is 12.2. The third-order valence-corrected chi connectivity index (χ3v) is 4.06. The van der Waals surface area contributed by atoms with Gasteiger partial charge in [0.05, 0.1) is 6.54 Å². The van der Waals surface area contributed by atoms with Gasteiger partial charge in [0.25, 0.3) is 5.91 Å². The molecule has 1 saturated carbocycles. The average molecular weight is 270 g/mol. The normalized spacial score (nSPS) is 15.8. The van der Waals surface area contributed by atoms with Crippen LogP contribution in [-0.4, -0.2) is 19.0 Å². The highest BCUT2D eigenvalue weighted by Gasteiger charge is 2.31. The fraction of sp³-hybridized carbons (Fsp3) is 0.471. The Labute approximate surface area is 120 Å². The van der Waals surface area contributed by atoms with Crippen molar-refractivity contribution >= 4 is 5.91 Å². The Bertz CT molecular complexity index is 562. The summed E-state index contributed by atoms with van der Waals surface area (Å²) in [5, 5.41) is 3.03. The van der Waals surface area contributed by atoms with E-state index in [1.54, 1.807) is 0 Å². The van der Waals surface area contributed by atoms with Crippen molar-refractivity contribution in [2.75, 3.05) is 13.1 Å². The molecule has 0 atom stereocenters. The minimum atomic E-state index is -0.0195. The molecule has 1 amide bonds. The summed E-state index contributed by atoms with van der Waals surface area (Å²) in [5.41, 5.74) is 8.29. The predicted molar refractivity (Wildman–Crippen MR) is 81.4 cm³/mol. The van der Waals surface area contributed by atoms with Crippen molar-refractivity contribution < 1.29 is 4.79 Å². The zero-order valence-corrected chi connectivity index (χ0v) is 12.3. The van der Waals surface area contributed by atoms with Gasteiger partial charge in [0, 0.05) is 17.7 Å².